The number of imidazole rings is 1. The number of aromatic carboxylic acids is 1. The van der Waals surface area contributed by atoms with Crippen LogP contribution in [-0.2, 0) is 0 Å². The number of aromatic nitrogens is 2. The van der Waals surface area contributed by atoms with Gasteiger partial charge in [-0.05, 0) is 44.4 Å². The number of carboxylic acids is 1. The molecule has 4 heteroatoms. The Balaban J connectivity index is 2.27. The lowest BCUT2D eigenvalue weighted by atomic mass is 10.0. The summed E-state index contributed by atoms with van der Waals surface area (Å²) in [5.41, 5.74) is 2.08. The Morgan fingerprint density at radius 2 is 2.00 bits per heavy atom. The lowest BCUT2D eigenvalue weighted by molar-refractivity contribution is 0.0697. The largest absolute Gasteiger partial charge is 0.478 e. The molecule has 2 rings (SSSR count). The minimum Gasteiger partial charge on any atom is -0.478 e. The molecule has 0 amide bonds. The van der Waals surface area contributed by atoms with Crippen LogP contribution in [-0.4, -0.2) is 20.6 Å². The fourth-order valence-corrected chi connectivity index (χ4v) is 2.86. The van der Waals surface area contributed by atoms with Crippen LogP contribution < -0.4 is 0 Å². The second-order valence-electron chi connectivity index (χ2n) is 6.21. The minimum atomic E-state index is -0.908. The first-order valence-electron chi connectivity index (χ1n) is 7.62. The van der Waals surface area contributed by atoms with E-state index in [4.69, 9.17) is 5.11 Å². The molecule has 0 bridgehead atoms. The second-order valence-corrected chi connectivity index (χ2v) is 6.21. The zero-order chi connectivity index (χ0) is 15.6. The van der Waals surface area contributed by atoms with E-state index < -0.39 is 5.97 Å². The van der Waals surface area contributed by atoms with Gasteiger partial charge in [-0.15, -0.1) is 0 Å². The van der Waals surface area contributed by atoms with E-state index in [0.717, 1.165) is 29.2 Å². The van der Waals surface area contributed by atoms with E-state index >= 15 is 0 Å². The van der Waals surface area contributed by atoms with E-state index in [2.05, 4.69) is 30.3 Å². The number of carboxylic acid groups (broad SMARTS) is 1. The van der Waals surface area contributed by atoms with Gasteiger partial charge in [0, 0.05) is 6.04 Å². The lowest BCUT2D eigenvalue weighted by Crippen LogP contribution is -2.07. The fraction of sp³-hybridized carbons (Fsp3) is 0.529. The van der Waals surface area contributed by atoms with Gasteiger partial charge in [0.25, 0.3) is 0 Å². The molecule has 0 fully saturated rings. The van der Waals surface area contributed by atoms with Crippen molar-refractivity contribution in [1.82, 2.24) is 9.55 Å². The second kappa shape index (κ2) is 6.29. The van der Waals surface area contributed by atoms with Crippen LogP contribution in [0.5, 0.6) is 0 Å². The quantitative estimate of drug-likeness (QED) is 0.855. The van der Waals surface area contributed by atoms with Crippen molar-refractivity contribution in [1.29, 1.82) is 0 Å². The molecule has 1 heterocycles. The maximum absolute atomic E-state index is 11.0. The lowest BCUT2D eigenvalue weighted by Gasteiger charge is -2.17. The van der Waals surface area contributed by atoms with Gasteiger partial charge in [0.2, 0.25) is 0 Å². The van der Waals surface area contributed by atoms with E-state index in [9.17, 15) is 4.79 Å². The third-order valence-electron chi connectivity index (χ3n) is 3.96. The molecule has 0 spiro atoms. The predicted octanol–water partition coefficient (Wildman–Crippen LogP) is 4.43. The molecule has 0 radical (unpaired) electrons. The van der Waals surface area contributed by atoms with Crippen LogP contribution in [0.2, 0.25) is 0 Å². The van der Waals surface area contributed by atoms with Crippen LogP contribution in [0.1, 0.15) is 62.3 Å². The number of hydrogen-bond donors (Lipinski definition) is 1. The van der Waals surface area contributed by atoms with E-state index in [-0.39, 0.29) is 0 Å². The van der Waals surface area contributed by atoms with Crippen molar-refractivity contribution in [2.75, 3.05) is 0 Å². The topological polar surface area (TPSA) is 55.1 Å². The van der Waals surface area contributed by atoms with E-state index in [1.165, 1.54) is 12.8 Å². The van der Waals surface area contributed by atoms with Crippen LogP contribution in [0.15, 0.2) is 18.2 Å². The first kappa shape index (κ1) is 15.5. The Morgan fingerprint density at radius 1 is 1.29 bits per heavy atom. The molecule has 0 saturated carbocycles. The predicted molar refractivity (Wildman–Crippen MR) is 84.8 cm³/mol. The van der Waals surface area contributed by atoms with Gasteiger partial charge in [0.1, 0.15) is 5.82 Å². The van der Waals surface area contributed by atoms with Gasteiger partial charge in [0.15, 0.2) is 0 Å². The van der Waals surface area contributed by atoms with Crippen molar-refractivity contribution in [2.24, 2.45) is 5.92 Å². The fourth-order valence-electron chi connectivity index (χ4n) is 2.86. The SMILES string of the molecule is Cc1nc2cc(C(=O)O)ccc2n1C(C)CCCC(C)C. The maximum atomic E-state index is 11.0. The molecule has 1 unspecified atom stereocenters. The molecule has 0 saturated heterocycles. The summed E-state index contributed by atoms with van der Waals surface area (Å²) in [4.78, 5) is 15.6. The number of carbonyl (C=O) groups is 1. The Kier molecular flexibility index (Phi) is 4.66. The molecular weight excluding hydrogens is 264 g/mol. The average Bonchev–Trinajstić information content (AvgIpc) is 2.72. The smallest absolute Gasteiger partial charge is 0.335 e. The minimum absolute atomic E-state index is 0.291. The first-order chi connectivity index (χ1) is 9.90. The van der Waals surface area contributed by atoms with Crippen molar-refractivity contribution in [3.63, 3.8) is 0 Å². The summed E-state index contributed by atoms with van der Waals surface area (Å²) in [7, 11) is 0. The van der Waals surface area contributed by atoms with Gasteiger partial charge in [-0.2, -0.15) is 0 Å². The summed E-state index contributed by atoms with van der Waals surface area (Å²) in [5.74, 6) is 0.773. The normalized spacial score (nSPS) is 13.0. The molecular formula is C17H24N2O2. The number of benzene rings is 1. The third kappa shape index (κ3) is 3.43. The highest BCUT2D eigenvalue weighted by molar-refractivity contribution is 5.92. The Bertz CT molecular complexity index is 644. The van der Waals surface area contributed by atoms with Crippen LogP contribution in [0.25, 0.3) is 11.0 Å². The number of nitrogens with zero attached hydrogens (tertiary/aromatic N) is 2. The van der Waals surface area contributed by atoms with Gasteiger partial charge in [-0.1, -0.05) is 26.7 Å². The van der Waals surface area contributed by atoms with Crippen LogP contribution in [0, 0.1) is 12.8 Å². The Morgan fingerprint density at radius 3 is 2.62 bits per heavy atom. The summed E-state index contributed by atoms with van der Waals surface area (Å²) in [5, 5.41) is 9.06. The number of aryl methyl sites for hydroxylation is 1. The maximum Gasteiger partial charge on any atom is 0.335 e. The van der Waals surface area contributed by atoms with Crippen molar-refractivity contribution in [3.05, 3.63) is 29.6 Å². The number of fused-ring (bicyclic) bond motifs is 1. The van der Waals surface area contributed by atoms with E-state index in [1.807, 2.05) is 13.0 Å². The first-order valence-corrected chi connectivity index (χ1v) is 7.62. The number of rotatable bonds is 6. The van der Waals surface area contributed by atoms with Crippen molar-refractivity contribution in [2.45, 2.75) is 53.0 Å². The van der Waals surface area contributed by atoms with Crippen molar-refractivity contribution < 1.29 is 9.90 Å². The summed E-state index contributed by atoms with van der Waals surface area (Å²) < 4.78 is 2.22. The molecule has 1 N–H and O–H groups in total. The van der Waals surface area contributed by atoms with Gasteiger partial charge in [-0.3, -0.25) is 0 Å². The van der Waals surface area contributed by atoms with Crippen LogP contribution in [0.3, 0.4) is 0 Å². The Labute approximate surface area is 125 Å². The highest BCUT2D eigenvalue weighted by Crippen LogP contribution is 2.25. The third-order valence-corrected chi connectivity index (χ3v) is 3.96. The highest BCUT2D eigenvalue weighted by Gasteiger charge is 2.15. The highest BCUT2D eigenvalue weighted by atomic mass is 16.4. The zero-order valence-corrected chi connectivity index (χ0v) is 13.3. The zero-order valence-electron chi connectivity index (χ0n) is 13.3. The molecule has 1 aromatic heterocycles. The molecule has 0 aliphatic carbocycles. The average molecular weight is 288 g/mol. The molecule has 0 aliphatic heterocycles. The molecule has 1 aromatic carbocycles. The van der Waals surface area contributed by atoms with Gasteiger partial charge in [0.05, 0.1) is 16.6 Å². The van der Waals surface area contributed by atoms with Crippen LogP contribution >= 0.6 is 0 Å². The molecule has 114 valence electrons. The molecule has 0 aliphatic rings. The summed E-state index contributed by atoms with van der Waals surface area (Å²) >= 11 is 0. The summed E-state index contributed by atoms with van der Waals surface area (Å²) in [6, 6.07) is 5.56. The Hall–Kier alpha value is -1.84. The van der Waals surface area contributed by atoms with Gasteiger partial charge >= 0.3 is 5.97 Å². The van der Waals surface area contributed by atoms with Gasteiger partial charge < -0.3 is 9.67 Å². The molecule has 4 nitrogen and oxygen atoms in total. The number of hydrogen-bond acceptors (Lipinski definition) is 2. The monoisotopic (exact) mass is 288 g/mol. The van der Waals surface area contributed by atoms with Gasteiger partial charge in [-0.25, -0.2) is 9.78 Å². The van der Waals surface area contributed by atoms with Crippen molar-refractivity contribution in [3.8, 4) is 0 Å². The van der Waals surface area contributed by atoms with E-state index in [0.29, 0.717) is 11.6 Å². The summed E-state index contributed by atoms with van der Waals surface area (Å²) in [6.07, 6.45) is 3.55. The van der Waals surface area contributed by atoms with E-state index in [1.54, 1.807) is 12.1 Å². The van der Waals surface area contributed by atoms with Crippen LogP contribution in [0.4, 0.5) is 0 Å². The molecule has 21 heavy (non-hydrogen) atoms. The summed E-state index contributed by atoms with van der Waals surface area (Å²) in [6.45, 7) is 8.69. The molecule has 2 aromatic rings. The standard InChI is InChI=1S/C17H24N2O2/c1-11(2)6-5-7-12(3)19-13(4)18-15-10-14(17(20)21)8-9-16(15)19/h8-12H,5-7H2,1-4H3,(H,20,21). The van der Waals surface area contributed by atoms with Crippen molar-refractivity contribution >= 4 is 17.0 Å². The molecule has 1 atom stereocenters.